The second kappa shape index (κ2) is 6.21. The standard InChI is InChI=1S/C15H11N3O3/c16-9-11-3-1-2-4-13(11)18-15(21)17-12-7-5-10(6-8-12)14(19)20/h1-8H,(H,19,20)(H2,17,18,21)/p-1. The largest absolute Gasteiger partial charge is 0.545 e. The Morgan fingerprint density at radius 3 is 2.29 bits per heavy atom. The predicted molar refractivity (Wildman–Crippen MR) is 74.6 cm³/mol. The lowest BCUT2D eigenvalue weighted by atomic mass is 10.2. The Kier molecular flexibility index (Phi) is 4.17. The molecule has 0 aliphatic heterocycles. The molecule has 0 unspecified atom stereocenters. The highest BCUT2D eigenvalue weighted by Crippen LogP contribution is 2.14. The Morgan fingerprint density at radius 2 is 1.67 bits per heavy atom. The quantitative estimate of drug-likeness (QED) is 0.890. The SMILES string of the molecule is N#Cc1ccccc1NC(=O)Nc1ccc(C(=O)[O-])cc1. The molecule has 2 amide bonds. The molecule has 0 aromatic heterocycles. The first-order chi connectivity index (χ1) is 10.1. The number of carbonyl (C=O) groups is 2. The zero-order valence-electron chi connectivity index (χ0n) is 10.8. The van der Waals surface area contributed by atoms with Crippen LogP contribution in [0.4, 0.5) is 16.2 Å². The van der Waals surface area contributed by atoms with E-state index in [-0.39, 0.29) is 5.56 Å². The molecule has 0 spiro atoms. The van der Waals surface area contributed by atoms with Gasteiger partial charge in [0.2, 0.25) is 0 Å². The van der Waals surface area contributed by atoms with Crippen molar-refractivity contribution in [3.63, 3.8) is 0 Å². The number of urea groups is 1. The highest BCUT2D eigenvalue weighted by Gasteiger charge is 2.06. The summed E-state index contributed by atoms with van der Waals surface area (Å²) in [7, 11) is 0. The minimum Gasteiger partial charge on any atom is -0.545 e. The molecule has 0 heterocycles. The van der Waals surface area contributed by atoms with Crippen LogP contribution in [0.2, 0.25) is 0 Å². The van der Waals surface area contributed by atoms with Gasteiger partial charge in [-0.2, -0.15) is 5.26 Å². The molecule has 0 aliphatic carbocycles. The van der Waals surface area contributed by atoms with Gasteiger partial charge in [0.25, 0.3) is 0 Å². The average molecular weight is 280 g/mol. The number of hydrogen-bond donors (Lipinski definition) is 2. The zero-order chi connectivity index (χ0) is 15.2. The molecule has 0 fully saturated rings. The van der Waals surface area contributed by atoms with Gasteiger partial charge in [0.15, 0.2) is 0 Å². The molecule has 21 heavy (non-hydrogen) atoms. The summed E-state index contributed by atoms with van der Waals surface area (Å²) in [6.45, 7) is 0. The molecule has 104 valence electrons. The van der Waals surface area contributed by atoms with Crippen LogP contribution in [0.5, 0.6) is 0 Å². The van der Waals surface area contributed by atoms with Crippen molar-refractivity contribution in [2.24, 2.45) is 0 Å². The molecule has 0 atom stereocenters. The Bertz CT molecular complexity index is 718. The number of carbonyl (C=O) groups excluding carboxylic acids is 2. The van der Waals surface area contributed by atoms with Gasteiger partial charge in [-0.15, -0.1) is 0 Å². The molecule has 0 saturated heterocycles. The van der Waals surface area contributed by atoms with Crippen LogP contribution in [0.15, 0.2) is 48.5 Å². The number of amides is 2. The molecule has 0 radical (unpaired) electrons. The summed E-state index contributed by atoms with van der Waals surface area (Å²) in [5, 5.41) is 24.6. The van der Waals surface area contributed by atoms with Crippen molar-refractivity contribution >= 4 is 23.4 Å². The van der Waals surface area contributed by atoms with E-state index >= 15 is 0 Å². The van der Waals surface area contributed by atoms with Gasteiger partial charge in [0.1, 0.15) is 6.07 Å². The third-order valence-corrected chi connectivity index (χ3v) is 2.67. The first-order valence-electron chi connectivity index (χ1n) is 5.98. The Labute approximate surface area is 120 Å². The van der Waals surface area contributed by atoms with Gasteiger partial charge >= 0.3 is 6.03 Å². The van der Waals surface area contributed by atoms with Gasteiger partial charge in [-0.1, -0.05) is 24.3 Å². The monoisotopic (exact) mass is 280 g/mol. The highest BCUT2D eigenvalue weighted by atomic mass is 16.4. The van der Waals surface area contributed by atoms with Crippen LogP contribution in [-0.2, 0) is 0 Å². The summed E-state index contributed by atoms with van der Waals surface area (Å²) in [5.74, 6) is -1.28. The van der Waals surface area contributed by atoms with E-state index in [4.69, 9.17) is 5.26 Å². The molecule has 6 nitrogen and oxygen atoms in total. The summed E-state index contributed by atoms with van der Waals surface area (Å²) in [6.07, 6.45) is 0. The number of para-hydroxylation sites is 1. The van der Waals surface area contributed by atoms with Crippen molar-refractivity contribution in [1.29, 1.82) is 5.26 Å². The molecule has 2 aromatic carbocycles. The normalized spacial score (nSPS) is 9.48. The summed E-state index contributed by atoms with van der Waals surface area (Å²) in [5.41, 5.74) is 1.19. The van der Waals surface area contributed by atoms with Crippen molar-refractivity contribution in [2.75, 3.05) is 10.6 Å². The van der Waals surface area contributed by atoms with Gasteiger partial charge < -0.3 is 20.5 Å². The summed E-state index contributed by atoms with van der Waals surface area (Å²) < 4.78 is 0. The molecule has 2 rings (SSSR count). The lowest BCUT2D eigenvalue weighted by Gasteiger charge is -2.09. The number of rotatable bonds is 3. The number of nitrogens with one attached hydrogen (secondary N) is 2. The lowest BCUT2D eigenvalue weighted by Crippen LogP contribution is -2.22. The van der Waals surface area contributed by atoms with Crippen LogP contribution < -0.4 is 15.7 Å². The maximum absolute atomic E-state index is 11.8. The number of carboxylic acid groups (broad SMARTS) is 1. The maximum Gasteiger partial charge on any atom is 0.323 e. The van der Waals surface area contributed by atoms with E-state index in [2.05, 4.69) is 10.6 Å². The van der Waals surface area contributed by atoms with Crippen molar-refractivity contribution in [1.82, 2.24) is 0 Å². The lowest BCUT2D eigenvalue weighted by molar-refractivity contribution is -0.255. The van der Waals surface area contributed by atoms with Crippen molar-refractivity contribution in [3.05, 3.63) is 59.7 Å². The molecular formula is C15H10N3O3-. The highest BCUT2D eigenvalue weighted by molar-refractivity contribution is 6.00. The minimum absolute atomic E-state index is 0.0239. The molecule has 2 aromatic rings. The Morgan fingerprint density at radius 1 is 1.00 bits per heavy atom. The summed E-state index contributed by atoms with van der Waals surface area (Å²) in [6, 6.07) is 13.6. The van der Waals surface area contributed by atoms with E-state index in [0.29, 0.717) is 16.9 Å². The van der Waals surface area contributed by atoms with Crippen LogP contribution in [0.3, 0.4) is 0 Å². The molecule has 2 N–H and O–H groups in total. The second-order valence-corrected chi connectivity index (χ2v) is 4.10. The van der Waals surface area contributed by atoms with Gasteiger partial charge in [-0.25, -0.2) is 4.79 Å². The van der Waals surface area contributed by atoms with E-state index in [9.17, 15) is 14.7 Å². The van der Waals surface area contributed by atoms with Gasteiger partial charge in [0.05, 0.1) is 17.2 Å². The fourth-order valence-electron chi connectivity index (χ4n) is 1.66. The third kappa shape index (κ3) is 3.58. The van der Waals surface area contributed by atoms with Gasteiger partial charge in [-0.05, 0) is 29.8 Å². The van der Waals surface area contributed by atoms with Crippen molar-refractivity contribution in [3.8, 4) is 6.07 Å². The van der Waals surface area contributed by atoms with E-state index in [1.807, 2.05) is 6.07 Å². The molecule has 0 aliphatic rings. The Balaban J connectivity index is 2.05. The first-order valence-corrected chi connectivity index (χ1v) is 5.98. The van der Waals surface area contributed by atoms with E-state index in [1.165, 1.54) is 24.3 Å². The summed E-state index contributed by atoms with van der Waals surface area (Å²) >= 11 is 0. The number of anilines is 2. The molecule has 0 saturated carbocycles. The number of benzene rings is 2. The van der Waals surface area contributed by atoms with Crippen molar-refractivity contribution in [2.45, 2.75) is 0 Å². The maximum atomic E-state index is 11.8. The number of aromatic carboxylic acids is 1. The molecule has 6 heteroatoms. The van der Waals surface area contributed by atoms with Crippen LogP contribution >= 0.6 is 0 Å². The number of nitrogens with zero attached hydrogens (tertiary/aromatic N) is 1. The van der Waals surface area contributed by atoms with E-state index in [1.54, 1.807) is 24.3 Å². The molecule has 0 bridgehead atoms. The third-order valence-electron chi connectivity index (χ3n) is 2.67. The molecular weight excluding hydrogens is 270 g/mol. The van der Waals surface area contributed by atoms with E-state index < -0.39 is 12.0 Å². The predicted octanol–water partition coefficient (Wildman–Crippen LogP) is 1.57. The van der Waals surface area contributed by atoms with Crippen LogP contribution in [0, 0.1) is 11.3 Å². The van der Waals surface area contributed by atoms with E-state index in [0.717, 1.165) is 0 Å². The second-order valence-electron chi connectivity index (χ2n) is 4.10. The summed E-state index contributed by atoms with van der Waals surface area (Å²) in [4.78, 5) is 22.4. The fourth-order valence-corrected chi connectivity index (χ4v) is 1.66. The van der Waals surface area contributed by atoms with Gasteiger partial charge in [0, 0.05) is 5.69 Å². The Hall–Kier alpha value is -3.33. The van der Waals surface area contributed by atoms with Gasteiger partial charge in [-0.3, -0.25) is 0 Å². The fraction of sp³-hybridized carbons (Fsp3) is 0. The minimum atomic E-state index is -1.28. The number of nitriles is 1. The van der Waals surface area contributed by atoms with Crippen LogP contribution in [-0.4, -0.2) is 12.0 Å². The number of hydrogen-bond acceptors (Lipinski definition) is 4. The topological polar surface area (TPSA) is 105 Å². The average Bonchev–Trinajstić information content (AvgIpc) is 2.48. The number of carboxylic acids is 1. The smallest absolute Gasteiger partial charge is 0.323 e. The van der Waals surface area contributed by atoms with Crippen LogP contribution in [0.1, 0.15) is 15.9 Å². The zero-order valence-corrected chi connectivity index (χ0v) is 10.8. The first kappa shape index (κ1) is 14.1. The van der Waals surface area contributed by atoms with Crippen molar-refractivity contribution < 1.29 is 14.7 Å². The van der Waals surface area contributed by atoms with Crippen LogP contribution in [0.25, 0.3) is 0 Å².